The van der Waals surface area contributed by atoms with Gasteiger partial charge in [-0.3, -0.25) is 0 Å². The Morgan fingerprint density at radius 2 is 2.14 bits per heavy atom. The van der Waals surface area contributed by atoms with Crippen molar-refractivity contribution in [3.63, 3.8) is 0 Å². The molecule has 0 amide bonds. The Labute approximate surface area is 93.2 Å². The first-order valence-electron chi connectivity index (χ1n) is 6.25. The molecule has 0 aromatic rings. The van der Waals surface area contributed by atoms with Gasteiger partial charge < -0.3 is 0 Å². The lowest BCUT2D eigenvalue weighted by Gasteiger charge is -2.48. The van der Waals surface area contributed by atoms with Crippen LogP contribution < -0.4 is 0 Å². The largest absolute Gasteiger partial charge is 0.158 e. The Morgan fingerprint density at radius 1 is 1.36 bits per heavy atom. The molecule has 1 aliphatic carbocycles. The molecular formula is C13H24S. The van der Waals surface area contributed by atoms with Crippen molar-refractivity contribution >= 4 is 11.8 Å². The van der Waals surface area contributed by atoms with Crippen LogP contribution in [0.2, 0.25) is 0 Å². The Morgan fingerprint density at radius 3 is 2.86 bits per heavy atom. The molecule has 0 aromatic heterocycles. The van der Waals surface area contributed by atoms with E-state index in [2.05, 4.69) is 32.5 Å². The predicted octanol–water partition coefficient (Wildman–Crippen LogP) is 4.34. The summed E-state index contributed by atoms with van der Waals surface area (Å²) in [5, 5.41) is 0.966. The summed E-state index contributed by atoms with van der Waals surface area (Å²) in [4.78, 5) is 0. The molecule has 0 radical (unpaired) electrons. The summed E-state index contributed by atoms with van der Waals surface area (Å²) in [7, 11) is 0. The van der Waals surface area contributed by atoms with Gasteiger partial charge in [-0.2, -0.15) is 11.8 Å². The third kappa shape index (κ3) is 1.98. The molecule has 0 unspecified atom stereocenters. The molecule has 1 saturated carbocycles. The average Bonchev–Trinajstić information content (AvgIpc) is 2.17. The maximum absolute atomic E-state index is 2.51. The highest BCUT2D eigenvalue weighted by Gasteiger charge is 2.42. The van der Waals surface area contributed by atoms with Crippen LogP contribution in [0.4, 0.5) is 0 Å². The van der Waals surface area contributed by atoms with Crippen LogP contribution >= 0.6 is 11.8 Å². The zero-order valence-corrected chi connectivity index (χ0v) is 10.7. The second-order valence-corrected chi connectivity index (χ2v) is 7.18. The summed E-state index contributed by atoms with van der Waals surface area (Å²) >= 11 is 2.25. The number of rotatable bonds is 1. The van der Waals surface area contributed by atoms with Gasteiger partial charge in [-0.05, 0) is 48.7 Å². The smallest absolute Gasteiger partial charge is 0.00474 e. The molecule has 2 fully saturated rings. The van der Waals surface area contributed by atoms with E-state index in [1.807, 2.05) is 0 Å². The summed E-state index contributed by atoms with van der Waals surface area (Å²) in [6.45, 7) is 7.37. The normalized spacial score (nSPS) is 41.8. The molecule has 82 valence electrons. The van der Waals surface area contributed by atoms with E-state index in [0.717, 1.165) is 17.1 Å². The van der Waals surface area contributed by atoms with E-state index in [9.17, 15) is 0 Å². The summed E-state index contributed by atoms with van der Waals surface area (Å²) in [5.74, 6) is 3.53. The highest BCUT2D eigenvalue weighted by atomic mass is 32.2. The van der Waals surface area contributed by atoms with E-state index in [1.165, 1.54) is 37.9 Å². The van der Waals surface area contributed by atoms with Crippen LogP contribution in [0.5, 0.6) is 0 Å². The molecule has 14 heavy (non-hydrogen) atoms. The zero-order valence-electron chi connectivity index (χ0n) is 9.88. The summed E-state index contributed by atoms with van der Waals surface area (Å²) < 4.78 is 0. The fraction of sp³-hybridized carbons (Fsp3) is 1.00. The lowest BCUT2D eigenvalue weighted by molar-refractivity contribution is 0.0736. The highest BCUT2D eigenvalue weighted by Crippen LogP contribution is 2.51. The second kappa shape index (κ2) is 4.08. The minimum atomic E-state index is 0.636. The maximum Gasteiger partial charge on any atom is 0.00474 e. The van der Waals surface area contributed by atoms with Crippen molar-refractivity contribution < 1.29 is 0 Å². The lowest BCUT2D eigenvalue weighted by Crippen LogP contribution is -2.40. The second-order valence-electron chi connectivity index (χ2n) is 5.85. The van der Waals surface area contributed by atoms with Crippen molar-refractivity contribution in [1.29, 1.82) is 0 Å². The van der Waals surface area contributed by atoms with Crippen molar-refractivity contribution in [2.45, 2.75) is 58.1 Å². The van der Waals surface area contributed by atoms with Gasteiger partial charge in [-0.25, -0.2) is 0 Å². The van der Waals surface area contributed by atoms with Gasteiger partial charge in [0.15, 0.2) is 0 Å². The molecule has 1 aliphatic heterocycles. The van der Waals surface area contributed by atoms with Gasteiger partial charge in [-0.1, -0.05) is 27.2 Å². The van der Waals surface area contributed by atoms with Gasteiger partial charge in [0.1, 0.15) is 0 Å². The first-order valence-corrected chi connectivity index (χ1v) is 7.30. The first-order chi connectivity index (χ1) is 6.63. The molecule has 0 bridgehead atoms. The van der Waals surface area contributed by atoms with E-state index in [1.54, 1.807) is 0 Å². The van der Waals surface area contributed by atoms with Crippen LogP contribution in [0.3, 0.4) is 0 Å². The number of fused-ring (bicyclic) bond motifs is 1. The third-order valence-electron chi connectivity index (χ3n) is 4.49. The van der Waals surface area contributed by atoms with Gasteiger partial charge in [0.2, 0.25) is 0 Å². The number of hydrogen-bond donors (Lipinski definition) is 0. The Balaban J connectivity index is 2.06. The predicted molar refractivity (Wildman–Crippen MR) is 65.8 cm³/mol. The number of thioether (sulfide) groups is 1. The van der Waals surface area contributed by atoms with Gasteiger partial charge in [0.25, 0.3) is 0 Å². The SMILES string of the molecule is CC[C@H]1C[C@@H]2[C@H](CCCC2(C)C)CS1. The molecule has 1 saturated heterocycles. The molecular weight excluding hydrogens is 188 g/mol. The minimum Gasteiger partial charge on any atom is -0.158 e. The monoisotopic (exact) mass is 212 g/mol. The third-order valence-corrected chi connectivity index (χ3v) is 6.10. The molecule has 1 heteroatoms. The van der Waals surface area contributed by atoms with Crippen LogP contribution in [0.25, 0.3) is 0 Å². The highest BCUT2D eigenvalue weighted by molar-refractivity contribution is 7.99. The fourth-order valence-corrected chi connectivity index (χ4v) is 4.95. The first kappa shape index (κ1) is 10.9. The van der Waals surface area contributed by atoms with Crippen LogP contribution in [0.15, 0.2) is 0 Å². The maximum atomic E-state index is 2.51. The molecule has 0 spiro atoms. The molecule has 0 aromatic carbocycles. The van der Waals surface area contributed by atoms with E-state index in [4.69, 9.17) is 0 Å². The molecule has 3 atom stereocenters. The zero-order chi connectivity index (χ0) is 10.2. The molecule has 0 N–H and O–H groups in total. The van der Waals surface area contributed by atoms with E-state index in [-0.39, 0.29) is 0 Å². The van der Waals surface area contributed by atoms with Crippen LogP contribution in [-0.2, 0) is 0 Å². The lowest BCUT2D eigenvalue weighted by atomic mass is 9.62. The fourth-order valence-electron chi connectivity index (χ4n) is 3.45. The van der Waals surface area contributed by atoms with Crippen molar-refractivity contribution in [2.24, 2.45) is 17.3 Å². The van der Waals surface area contributed by atoms with E-state index >= 15 is 0 Å². The van der Waals surface area contributed by atoms with Gasteiger partial charge >= 0.3 is 0 Å². The molecule has 2 aliphatic rings. The molecule has 1 heterocycles. The topological polar surface area (TPSA) is 0 Å². The Kier molecular flexibility index (Phi) is 3.16. The summed E-state index contributed by atoms with van der Waals surface area (Å²) in [6, 6.07) is 0. The average molecular weight is 212 g/mol. The molecule has 0 nitrogen and oxygen atoms in total. The minimum absolute atomic E-state index is 0.636. The Bertz CT molecular complexity index is 197. The van der Waals surface area contributed by atoms with Crippen molar-refractivity contribution in [2.75, 3.05) is 5.75 Å². The van der Waals surface area contributed by atoms with Crippen molar-refractivity contribution in [3.8, 4) is 0 Å². The summed E-state index contributed by atoms with van der Waals surface area (Å²) in [5.41, 5.74) is 0.636. The quantitative estimate of drug-likeness (QED) is 0.623. The van der Waals surface area contributed by atoms with Crippen LogP contribution in [-0.4, -0.2) is 11.0 Å². The van der Waals surface area contributed by atoms with E-state index < -0.39 is 0 Å². The number of hydrogen-bond acceptors (Lipinski definition) is 1. The van der Waals surface area contributed by atoms with Crippen LogP contribution in [0, 0.1) is 17.3 Å². The van der Waals surface area contributed by atoms with Crippen molar-refractivity contribution in [3.05, 3.63) is 0 Å². The van der Waals surface area contributed by atoms with Gasteiger partial charge in [0.05, 0.1) is 0 Å². The Hall–Kier alpha value is 0.350. The molecule has 2 rings (SSSR count). The van der Waals surface area contributed by atoms with Gasteiger partial charge in [-0.15, -0.1) is 0 Å². The standard InChI is InChI=1S/C13H24S/c1-4-11-8-12-10(9-14-11)6-5-7-13(12,2)3/h10-12H,4-9H2,1-3H3/t10-,11+,12-/m1/s1. The van der Waals surface area contributed by atoms with Gasteiger partial charge in [0, 0.05) is 5.25 Å². The van der Waals surface area contributed by atoms with Crippen LogP contribution in [0.1, 0.15) is 52.9 Å². The van der Waals surface area contributed by atoms with Crippen molar-refractivity contribution in [1.82, 2.24) is 0 Å². The summed E-state index contributed by atoms with van der Waals surface area (Å²) in [6.07, 6.45) is 7.33. The van der Waals surface area contributed by atoms with E-state index in [0.29, 0.717) is 5.41 Å².